The number of nitrogens with one attached hydrogen (secondary N) is 1. The molecule has 2 atom stereocenters. The molecule has 134 valence electrons. The number of ether oxygens (including phenoxy) is 1. The van der Waals surface area contributed by atoms with Crippen molar-refractivity contribution in [1.82, 2.24) is 15.1 Å². The lowest BCUT2D eigenvalue weighted by Crippen LogP contribution is -2.38. The largest absolute Gasteiger partial charge is 0.373 e. The summed E-state index contributed by atoms with van der Waals surface area (Å²) in [4.78, 5) is 12.7. The molecule has 0 spiro atoms. The minimum absolute atomic E-state index is 0.0990. The molecule has 2 aromatic rings. The van der Waals surface area contributed by atoms with Crippen LogP contribution in [0.3, 0.4) is 0 Å². The summed E-state index contributed by atoms with van der Waals surface area (Å²) in [5.41, 5.74) is 3.47. The zero-order valence-electron chi connectivity index (χ0n) is 15.1. The number of aryl methyl sites for hydroxylation is 3. The third-order valence-corrected chi connectivity index (χ3v) is 4.69. The molecule has 0 saturated carbocycles. The van der Waals surface area contributed by atoms with Crippen molar-refractivity contribution in [3.05, 3.63) is 53.3 Å². The molecular weight excluding hydrogens is 314 g/mol. The third kappa shape index (κ3) is 4.69. The molecule has 1 aromatic carbocycles. The van der Waals surface area contributed by atoms with Crippen LogP contribution >= 0.6 is 0 Å². The molecule has 5 heteroatoms. The number of rotatable bonds is 6. The zero-order valence-corrected chi connectivity index (χ0v) is 15.1. The Bertz CT molecular complexity index is 693. The maximum atomic E-state index is 12.7. The van der Waals surface area contributed by atoms with Gasteiger partial charge in [0.15, 0.2) is 0 Å². The molecule has 1 saturated heterocycles. The van der Waals surface area contributed by atoms with E-state index in [1.807, 2.05) is 24.0 Å². The second-order valence-corrected chi connectivity index (χ2v) is 6.88. The van der Waals surface area contributed by atoms with Gasteiger partial charge in [0.05, 0.1) is 18.2 Å². The standard InChI is InChI=1S/C20H27N3O2/c1-15-6-8-17(9-7-15)19-18(5-3-12-25-19)20(24)21-10-4-11-23-14-16(2)13-22-23/h6-9,13-14,18-19H,3-5,10-12H2,1-2H3,(H,21,24). The average Bonchev–Trinajstić information content (AvgIpc) is 3.04. The summed E-state index contributed by atoms with van der Waals surface area (Å²) in [7, 11) is 0. The van der Waals surface area contributed by atoms with E-state index in [-0.39, 0.29) is 17.9 Å². The van der Waals surface area contributed by atoms with Gasteiger partial charge < -0.3 is 10.1 Å². The fraction of sp³-hybridized carbons (Fsp3) is 0.500. The SMILES string of the molecule is Cc1ccc(C2OCCCC2C(=O)NCCCn2cc(C)cn2)cc1. The van der Waals surface area contributed by atoms with Crippen molar-refractivity contribution in [2.75, 3.05) is 13.2 Å². The molecule has 0 radical (unpaired) electrons. The molecular formula is C20H27N3O2. The number of hydrogen-bond acceptors (Lipinski definition) is 3. The van der Waals surface area contributed by atoms with Crippen LogP contribution in [0.5, 0.6) is 0 Å². The molecule has 1 aliphatic rings. The van der Waals surface area contributed by atoms with E-state index in [4.69, 9.17) is 4.74 Å². The predicted molar refractivity (Wildman–Crippen MR) is 97.2 cm³/mol. The summed E-state index contributed by atoms with van der Waals surface area (Å²) >= 11 is 0. The number of hydrogen-bond donors (Lipinski definition) is 1. The summed E-state index contributed by atoms with van der Waals surface area (Å²) in [5, 5.41) is 7.35. The Labute approximate surface area is 149 Å². The Morgan fingerprint density at radius 1 is 1.28 bits per heavy atom. The molecule has 25 heavy (non-hydrogen) atoms. The van der Waals surface area contributed by atoms with Crippen LogP contribution in [-0.2, 0) is 16.1 Å². The minimum Gasteiger partial charge on any atom is -0.373 e. The zero-order chi connectivity index (χ0) is 17.6. The van der Waals surface area contributed by atoms with E-state index in [1.165, 1.54) is 5.56 Å². The second-order valence-electron chi connectivity index (χ2n) is 6.88. The first kappa shape index (κ1) is 17.7. The molecule has 0 bridgehead atoms. The second kappa shape index (κ2) is 8.30. The molecule has 1 aromatic heterocycles. The molecule has 2 unspecified atom stereocenters. The van der Waals surface area contributed by atoms with Crippen LogP contribution in [-0.4, -0.2) is 28.8 Å². The van der Waals surface area contributed by atoms with Gasteiger partial charge in [-0.1, -0.05) is 29.8 Å². The average molecular weight is 341 g/mol. The van der Waals surface area contributed by atoms with Gasteiger partial charge >= 0.3 is 0 Å². The Hall–Kier alpha value is -2.14. The molecule has 3 rings (SSSR count). The summed E-state index contributed by atoms with van der Waals surface area (Å²) in [6, 6.07) is 8.31. The highest BCUT2D eigenvalue weighted by Crippen LogP contribution is 2.33. The normalized spacial score (nSPS) is 20.4. The number of carbonyl (C=O) groups is 1. The van der Waals surface area contributed by atoms with Gasteiger partial charge in [0.1, 0.15) is 0 Å². The van der Waals surface area contributed by atoms with Gasteiger partial charge in [0.2, 0.25) is 5.91 Å². The summed E-state index contributed by atoms with van der Waals surface area (Å²) in [6.45, 7) is 6.29. The Kier molecular flexibility index (Phi) is 5.87. The van der Waals surface area contributed by atoms with Gasteiger partial charge in [-0.25, -0.2) is 0 Å². The van der Waals surface area contributed by atoms with E-state index < -0.39 is 0 Å². The van der Waals surface area contributed by atoms with E-state index in [2.05, 4.69) is 41.6 Å². The van der Waals surface area contributed by atoms with Crippen LogP contribution in [0.4, 0.5) is 0 Å². The Balaban J connectivity index is 1.52. The predicted octanol–water partition coefficient (Wildman–Crippen LogP) is 3.17. The highest BCUT2D eigenvalue weighted by Gasteiger charge is 2.32. The topological polar surface area (TPSA) is 56.1 Å². The minimum atomic E-state index is -0.136. The van der Waals surface area contributed by atoms with Crippen molar-refractivity contribution in [2.45, 2.75) is 45.8 Å². The monoisotopic (exact) mass is 341 g/mol. The summed E-state index contributed by atoms with van der Waals surface area (Å²) in [6.07, 6.45) is 6.42. The van der Waals surface area contributed by atoms with Gasteiger partial charge in [-0.05, 0) is 44.2 Å². The van der Waals surface area contributed by atoms with Gasteiger partial charge in [-0.15, -0.1) is 0 Å². The van der Waals surface area contributed by atoms with Crippen LogP contribution in [0, 0.1) is 19.8 Å². The smallest absolute Gasteiger partial charge is 0.226 e. The van der Waals surface area contributed by atoms with Crippen molar-refractivity contribution in [2.24, 2.45) is 5.92 Å². The maximum Gasteiger partial charge on any atom is 0.226 e. The van der Waals surface area contributed by atoms with E-state index >= 15 is 0 Å². The number of benzene rings is 1. The van der Waals surface area contributed by atoms with E-state index in [1.54, 1.807) is 0 Å². The van der Waals surface area contributed by atoms with E-state index in [0.717, 1.165) is 43.5 Å². The van der Waals surface area contributed by atoms with Crippen LogP contribution < -0.4 is 5.32 Å². The number of carbonyl (C=O) groups excluding carboxylic acids is 1. The van der Waals surface area contributed by atoms with Gasteiger partial charge in [-0.3, -0.25) is 9.48 Å². The third-order valence-electron chi connectivity index (χ3n) is 4.69. The quantitative estimate of drug-likeness (QED) is 0.821. The number of nitrogens with zero attached hydrogens (tertiary/aromatic N) is 2. The molecule has 5 nitrogen and oxygen atoms in total. The highest BCUT2D eigenvalue weighted by molar-refractivity contribution is 5.79. The molecule has 1 aliphatic heterocycles. The lowest BCUT2D eigenvalue weighted by molar-refractivity contribution is -0.134. The van der Waals surface area contributed by atoms with Gasteiger partial charge in [0.25, 0.3) is 0 Å². The van der Waals surface area contributed by atoms with Crippen molar-refractivity contribution < 1.29 is 9.53 Å². The molecule has 1 fully saturated rings. The lowest BCUT2D eigenvalue weighted by Gasteiger charge is -2.31. The Morgan fingerprint density at radius 3 is 2.80 bits per heavy atom. The first-order valence-corrected chi connectivity index (χ1v) is 9.08. The van der Waals surface area contributed by atoms with Crippen molar-refractivity contribution >= 4 is 5.91 Å². The first-order chi connectivity index (χ1) is 12.1. The highest BCUT2D eigenvalue weighted by atomic mass is 16.5. The van der Waals surface area contributed by atoms with Gasteiger partial charge in [0, 0.05) is 25.9 Å². The number of amides is 1. The Morgan fingerprint density at radius 2 is 2.08 bits per heavy atom. The van der Waals surface area contributed by atoms with Crippen LogP contribution in [0.25, 0.3) is 0 Å². The van der Waals surface area contributed by atoms with Crippen molar-refractivity contribution in [3.63, 3.8) is 0 Å². The van der Waals surface area contributed by atoms with Crippen LogP contribution in [0.15, 0.2) is 36.7 Å². The van der Waals surface area contributed by atoms with Gasteiger partial charge in [-0.2, -0.15) is 5.10 Å². The molecule has 1 N–H and O–H groups in total. The molecule has 2 heterocycles. The molecule has 0 aliphatic carbocycles. The first-order valence-electron chi connectivity index (χ1n) is 9.08. The fourth-order valence-electron chi connectivity index (χ4n) is 3.31. The van der Waals surface area contributed by atoms with Crippen LogP contribution in [0.2, 0.25) is 0 Å². The van der Waals surface area contributed by atoms with Crippen molar-refractivity contribution in [1.29, 1.82) is 0 Å². The lowest BCUT2D eigenvalue weighted by atomic mass is 9.88. The van der Waals surface area contributed by atoms with E-state index in [9.17, 15) is 4.79 Å². The van der Waals surface area contributed by atoms with Crippen molar-refractivity contribution in [3.8, 4) is 0 Å². The summed E-state index contributed by atoms with van der Waals surface area (Å²) in [5.74, 6) is -0.00896. The molecule has 1 amide bonds. The van der Waals surface area contributed by atoms with E-state index in [0.29, 0.717) is 6.54 Å². The van der Waals surface area contributed by atoms with Crippen LogP contribution in [0.1, 0.15) is 42.1 Å². The summed E-state index contributed by atoms with van der Waals surface area (Å²) < 4.78 is 7.86. The fourth-order valence-corrected chi connectivity index (χ4v) is 3.31. The maximum absolute atomic E-state index is 12.7. The number of aromatic nitrogens is 2.